The zero-order chi connectivity index (χ0) is 24.5. The van der Waals surface area contributed by atoms with E-state index in [4.69, 9.17) is 4.18 Å². The van der Waals surface area contributed by atoms with Crippen LogP contribution in [0.3, 0.4) is 0 Å². The molecule has 4 rings (SSSR count). The molecule has 1 fully saturated rings. The Morgan fingerprint density at radius 1 is 1.21 bits per heavy atom. The van der Waals surface area contributed by atoms with Crippen LogP contribution in [0.15, 0.2) is 54.3 Å². The van der Waals surface area contributed by atoms with E-state index in [0.29, 0.717) is 23.0 Å². The highest BCUT2D eigenvalue weighted by atomic mass is 32.1. The first kappa shape index (κ1) is 26.3. The number of nitrogens with one attached hydrogen (secondary N) is 2. The number of carbonyl (C=O) groups excluding carboxylic acids is 1. The third-order valence-corrected chi connectivity index (χ3v) is 6.83. The molecule has 2 N–H and O–H groups in total. The zero-order valence-corrected chi connectivity index (χ0v) is 22.2. The number of amides is 1. The normalized spacial score (nSPS) is 15.2. The second kappa shape index (κ2) is 13.0. The van der Waals surface area contributed by atoms with Crippen molar-refractivity contribution in [3.05, 3.63) is 54.3 Å². The smallest absolute Gasteiger partial charge is 0.229 e. The van der Waals surface area contributed by atoms with Gasteiger partial charge in [-0.2, -0.15) is 0 Å². The van der Waals surface area contributed by atoms with Crippen molar-refractivity contribution in [3.8, 4) is 5.75 Å². The fourth-order valence-electron chi connectivity index (χ4n) is 3.73. The minimum atomic E-state index is 0.0784. The molecule has 184 valence electrons. The van der Waals surface area contributed by atoms with E-state index in [1.165, 1.54) is 17.0 Å². The van der Waals surface area contributed by atoms with Gasteiger partial charge in [0, 0.05) is 62.2 Å². The molecule has 2 aliphatic carbocycles. The molecule has 1 amide bonds. The van der Waals surface area contributed by atoms with Crippen LogP contribution in [0.25, 0.3) is 10.2 Å². The molecule has 0 spiro atoms. The highest BCUT2D eigenvalue weighted by molar-refractivity contribution is 7.75. The van der Waals surface area contributed by atoms with Gasteiger partial charge in [0.1, 0.15) is 5.75 Å². The second-order valence-electron chi connectivity index (χ2n) is 9.06. The molecular weight excluding hydrogens is 464 g/mol. The van der Waals surface area contributed by atoms with E-state index in [1.54, 1.807) is 6.07 Å². The Kier molecular flexibility index (Phi) is 10.0. The summed E-state index contributed by atoms with van der Waals surface area (Å²) in [4.78, 5) is 18.4. The summed E-state index contributed by atoms with van der Waals surface area (Å²) in [5.41, 5.74) is 2.16. The molecule has 1 aromatic carbocycles. The Balaban J connectivity index is 0.000000191. The number of hydrogen-bond donors (Lipinski definition) is 3. The van der Waals surface area contributed by atoms with E-state index in [9.17, 15) is 4.79 Å². The van der Waals surface area contributed by atoms with Crippen LogP contribution < -0.4 is 14.8 Å². The van der Waals surface area contributed by atoms with Crippen LogP contribution in [-0.4, -0.2) is 41.0 Å². The van der Waals surface area contributed by atoms with E-state index >= 15 is 0 Å². The summed E-state index contributed by atoms with van der Waals surface area (Å²) in [5, 5.41) is 7.00. The number of anilines is 1. The number of carbonyl (C=O) groups is 1. The molecule has 1 heterocycles. The van der Waals surface area contributed by atoms with Gasteiger partial charge in [0.25, 0.3) is 0 Å². The molecule has 0 saturated heterocycles. The molecule has 2 aromatic rings. The number of nitrogens with zero attached hydrogens (tertiary/aromatic N) is 2. The van der Waals surface area contributed by atoms with Crippen molar-refractivity contribution >= 4 is 45.5 Å². The standard InChI is InChI=1S/C15H26N2.C11H10N2O2S2/c1-13(2)17(14(3)4)12-11-16-15-9-7-5-6-8-10-15;14-10(6-1-2-6)13-11-12-8-4-3-7(15-16)5-9(8)17-11/h5-9,13-14,16H,10-12H2,1-4H3;3-6,16H,1-2H2,(H,12,13,14). The number of thiol groups is 1. The van der Waals surface area contributed by atoms with Crippen LogP contribution in [0.4, 0.5) is 5.13 Å². The molecular formula is C26H36N4O2S2. The maximum Gasteiger partial charge on any atom is 0.229 e. The number of allylic oxidation sites excluding steroid dienone is 5. The molecule has 6 nitrogen and oxygen atoms in total. The maximum atomic E-state index is 11.6. The van der Waals surface area contributed by atoms with E-state index < -0.39 is 0 Å². The molecule has 1 saturated carbocycles. The predicted octanol–water partition coefficient (Wildman–Crippen LogP) is 5.96. The largest absolute Gasteiger partial charge is 0.429 e. The lowest BCUT2D eigenvalue weighted by atomic mass is 10.2. The van der Waals surface area contributed by atoms with E-state index in [2.05, 4.69) is 91.5 Å². The quantitative estimate of drug-likeness (QED) is 0.293. The molecule has 2 aliphatic rings. The number of aromatic nitrogens is 1. The van der Waals surface area contributed by atoms with Crippen molar-refractivity contribution in [2.75, 3.05) is 18.4 Å². The van der Waals surface area contributed by atoms with Gasteiger partial charge >= 0.3 is 0 Å². The number of thiazole rings is 1. The third kappa shape index (κ3) is 8.18. The monoisotopic (exact) mass is 500 g/mol. The van der Waals surface area contributed by atoms with Gasteiger partial charge in [-0.1, -0.05) is 35.6 Å². The number of fused-ring (bicyclic) bond motifs is 1. The second-order valence-corrected chi connectivity index (χ2v) is 10.3. The van der Waals surface area contributed by atoms with Gasteiger partial charge in [0.15, 0.2) is 5.13 Å². The van der Waals surface area contributed by atoms with Crippen LogP contribution in [0.5, 0.6) is 5.75 Å². The average molecular weight is 501 g/mol. The lowest BCUT2D eigenvalue weighted by Crippen LogP contribution is -2.41. The Labute approximate surface area is 212 Å². The van der Waals surface area contributed by atoms with Crippen molar-refractivity contribution in [2.45, 2.75) is 59.0 Å². The summed E-state index contributed by atoms with van der Waals surface area (Å²) in [5.74, 6) is 0.942. The van der Waals surface area contributed by atoms with Crippen LogP contribution in [0.1, 0.15) is 47.0 Å². The molecule has 1 aromatic heterocycles. The van der Waals surface area contributed by atoms with Crippen molar-refractivity contribution in [1.82, 2.24) is 15.2 Å². The Bertz CT molecular complexity index is 1030. The average Bonchev–Trinajstić information content (AvgIpc) is 3.61. The first-order chi connectivity index (χ1) is 16.4. The molecule has 0 aliphatic heterocycles. The fraction of sp³-hybridized carbons (Fsp3) is 0.462. The van der Waals surface area contributed by atoms with Crippen molar-refractivity contribution in [1.29, 1.82) is 0 Å². The minimum absolute atomic E-state index is 0.0784. The van der Waals surface area contributed by atoms with E-state index in [0.717, 1.165) is 42.6 Å². The SMILES string of the molecule is CC(C)N(CCNC1=CC=CC=CC1)C(C)C.O=C(Nc1nc2ccc(OS)cc2s1)C1CC1. The van der Waals surface area contributed by atoms with Crippen molar-refractivity contribution in [2.24, 2.45) is 5.92 Å². The van der Waals surface area contributed by atoms with Crippen LogP contribution in [0.2, 0.25) is 0 Å². The summed E-state index contributed by atoms with van der Waals surface area (Å²) < 4.78 is 5.82. The molecule has 0 radical (unpaired) electrons. The molecule has 0 bridgehead atoms. The van der Waals surface area contributed by atoms with Crippen molar-refractivity contribution in [3.63, 3.8) is 0 Å². The van der Waals surface area contributed by atoms with E-state index in [1.807, 2.05) is 12.1 Å². The maximum absolute atomic E-state index is 11.6. The third-order valence-electron chi connectivity index (χ3n) is 5.69. The Morgan fingerprint density at radius 3 is 2.65 bits per heavy atom. The molecule has 34 heavy (non-hydrogen) atoms. The Morgan fingerprint density at radius 2 is 1.97 bits per heavy atom. The fourth-order valence-corrected chi connectivity index (χ4v) is 4.75. The topological polar surface area (TPSA) is 66.5 Å². The minimum Gasteiger partial charge on any atom is -0.429 e. The van der Waals surface area contributed by atoms with Gasteiger partial charge in [0.2, 0.25) is 5.91 Å². The highest BCUT2D eigenvalue weighted by Gasteiger charge is 2.30. The number of hydrogen-bond acceptors (Lipinski definition) is 7. The highest BCUT2D eigenvalue weighted by Crippen LogP contribution is 2.33. The van der Waals surface area contributed by atoms with E-state index in [-0.39, 0.29) is 11.8 Å². The van der Waals surface area contributed by atoms with Gasteiger partial charge in [0.05, 0.1) is 10.2 Å². The molecule has 0 unspecified atom stereocenters. The van der Waals surface area contributed by atoms with Crippen molar-refractivity contribution < 1.29 is 8.98 Å². The summed E-state index contributed by atoms with van der Waals surface area (Å²) in [6.45, 7) is 11.2. The summed E-state index contributed by atoms with van der Waals surface area (Å²) >= 11 is 5.19. The van der Waals surface area contributed by atoms with Gasteiger partial charge in [-0.25, -0.2) is 4.98 Å². The number of rotatable bonds is 9. The van der Waals surface area contributed by atoms with Gasteiger partial charge < -0.3 is 14.8 Å². The van der Waals surface area contributed by atoms with Gasteiger partial charge in [-0.15, -0.1) is 0 Å². The predicted molar refractivity (Wildman–Crippen MR) is 147 cm³/mol. The van der Waals surface area contributed by atoms with Gasteiger partial charge in [-0.3, -0.25) is 9.69 Å². The van der Waals surface area contributed by atoms with Crippen LogP contribution in [0, 0.1) is 5.92 Å². The Hall–Kier alpha value is -2.29. The lowest BCUT2D eigenvalue weighted by Gasteiger charge is -2.30. The summed E-state index contributed by atoms with van der Waals surface area (Å²) in [6.07, 6.45) is 13.6. The van der Waals surface area contributed by atoms with Crippen LogP contribution >= 0.6 is 24.2 Å². The first-order valence-corrected chi connectivity index (χ1v) is 13.1. The summed E-state index contributed by atoms with van der Waals surface area (Å²) in [6, 6.07) is 6.72. The number of benzene rings is 1. The molecule has 0 atom stereocenters. The van der Waals surface area contributed by atoms with Crippen LogP contribution in [-0.2, 0) is 4.79 Å². The first-order valence-electron chi connectivity index (χ1n) is 11.9. The lowest BCUT2D eigenvalue weighted by molar-refractivity contribution is -0.117. The summed E-state index contributed by atoms with van der Waals surface area (Å²) in [7, 11) is 0. The molecule has 8 heteroatoms. The zero-order valence-electron chi connectivity index (χ0n) is 20.5. The van der Waals surface area contributed by atoms with Gasteiger partial charge in [-0.05, 0) is 58.7 Å².